The van der Waals surface area contributed by atoms with Crippen molar-refractivity contribution in [3.8, 4) is 0 Å². The van der Waals surface area contributed by atoms with Gasteiger partial charge in [-0.15, -0.1) is 0 Å². The quantitative estimate of drug-likeness (QED) is 0.938. The van der Waals surface area contributed by atoms with E-state index in [-0.39, 0.29) is 18.4 Å². The summed E-state index contributed by atoms with van der Waals surface area (Å²) in [6.45, 7) is 0.955. The van der Waals surface area contributed by atoms with Crippen molar-refractivity contribution in [2.75, 3.05) is 13.1 Å². The molecule has 0 radical (unpaired) electrons. The van der Waals surface area contributed by atoms with Crippen LogP contribution in [0.1, 0.15) is 30.1 Å². The first-order chi connectivity index (χ1) is 10.9. The molecule has 0 saturated carbocycles. The number of alkyl halides is 3. The number of rotatable bonds is 3. The van der Waals surface area contributed by atoms with Crippen LogP contribution in [0.25, 0.3) is 0 Å². The van der Waals surface area contributed by atoms with Crippen molar-refractivity contribution in [1.29, 1.82) is 0 Å². The number of nitrogens with one attached hydrogen (secondary N) is 1. The van der Waals surface area contributed by atoms with Crippen LogP contribution in [0.3, 0.4) is 0 Å². The third kappa shape index (κ3) is 3.54. The number of carbonyl (C=O) groups excluding carboxylic acids is 1. The van der Waals surface area contributed by atoms with Gasteiger partial charge in [-0.2, -0.15) is 23.4 Å². The standard InChI is InChI=1S/C14H16F3N5O/c15-14(16,17)12-4-7-22(20-12)9-13(23)21-6-1-2-10(8-21)11-3-5-18-19-11/h3-5,7,10H,1-2,6,8-9H2,(H,18,19)/t10-/m1/s1. The van der Waals surface area contributed by atoms with Gasteiger partial charge in [0.25, 0.3) is 0 Å². The molecule has 23 heavy (non-hydrogen) atoms. The van der Waals surface area contributed by atoms with Crippen LogP contribution in [-0.2, 0) is 17.5 Å². The van der Waals surface area contributed by atoms with E-state index in [1.807, 2.05) is 6.07 Å². The molecule has 1 atom stereocenters. The third-order valence-electron chi connectivity index (χ3n) is 3.96. The lowest BCUT2D eigenvalue weighted by Gasteiger charge is -2.32. The molecule has 3 rings (SSSR count). The zero-order chi connectivity index (χ0) is 16.4. The second-order valence-electron chi connectivity index (χ2n) is 5.59. The van der Waals surface area contributed by atoms with Crippen molar-refractivity contribution < 1.29 is 18.0 Å². The molecule has 1 N–H and O–H groups in total. The zero-order valence-corrected chi connectivity index (χ0v) is 12.3. The molecule has 0 bridgehead atoms. The van der Waals surface area contributed by atoms with Crippen LogP contribution in [0.4, 0.5) is 13.2 Å². The Balaban J connectivity index is 1.63. The predicted molar refractivity (Wildman–Crippen MR) is 74.4 cm³/mol. The molecule has 1 fully saturated rings. The number of aromatic amines is 1. The fraction of sp³-hybridized carbons (Fsp3) is 0.500. The molecule has 0 spiro atoms. The number of carbonyl (C=O) groups is 1. The number of halogens is 3. The van der Waals surface area contributed by atoms with Gasteiger partial charge in [-0.05, 0) is 25.0 Å². The van der Waals surface area contributed by atoms with Gasteiger partial charge in [-0.3, -0.25) is 14.6 Å². The van der Waals surface area contributed by atoms with Crippen LogP contribution in [-0.4, -0.2) is 43.9 Å². The Morgan fingerprint density at radius 2 is 2.22 bits per heavy atom. The van der Waals surface area contributed by atoms with Gasteiger partial charge in [0.2, 0.25) is 5.91 Å². The Morgan fingerprint density at radius 3 is 2.87 bits per heavy atom. The summed E-state index contributed by atoms with van der Waals surface area (Å²) in [5, 5.41) is 10.2. The molecule has 1 amide bonds. The molecule has 2 aromatic heterocycles. The summed E-state index contributed by atoms with van der Waals surface area (Å²) >= 11 is 0. The Labute approximate surface area is 130 Å². The van der Waals surface area contributed by atoms with E-state index in [4.69, 9.17) is 0 Å². The van der Waals surface area contributed by atoms with Gasteiger partial charge >= 0.3 is 6.18 Å². The topological polar surface area (TPSA) is 66.8 Å². The summed E-state index contributed by atoms with van der Waals surface area (Å²) < 4.78 is 38.6. The van der Waals surface area contributed by atoms with Crippen LogP contribution >= 0.6 is 0 Å². The molecular formula is C14H16F3N5O. The largest absolute Gasteiger partial charge is 0.435 e. The number of nitrogens with zero attached hydrogens (tertiary/aromatic N) is 4. The Kier molecular flexibility index (Phi) is 4.10. The van der Waals surface area contributed by atoms with Crippen molar-refractivity contribution >= 4 is 5.91 Å². The molecule has 9 heteroatoms. The zero-order valence-electron chi connectivity index (χ0n) is 12.3. The minimum Gasteiger partial charge on any atom is -0.340 e. The molecule has 0 unspecified atom stereocenters. The van der Waals surface area contributed by atoms with Gasteiger partial charge in [0.05, 0.1) is 0 Å². The summed E-state index contributed by atoms with van der Waals surface area (Å²) in [6, 6.07) is 2.75. The first-order valence-electron chi connectivity index (χ1n) is 7.31. The van der Waals surface area contributed by atoms with E-state index in [1.165, 1.54) is 6.20 Å². The van der Waals surface area contributed by atoms with Gasteiger partial charge in [0, 0.05) is 37.1 Å². The Morgan fingerprint density at radius 1 is 1.39 bits per heavy atom. The maximum atomic E-state index is 12.5. The van der Waals surface area contributed by atoms with E-state index in [0.717, 1.165) is 29.3 Å². The average molecular weight is 327 g/mol. The van der Waals surface area contributed by atoms with E-state index in [0.29, 0.717) is 13.1 Å². The second kappa shape index (κ2) is 6.05. The SMILES string of the molecule is O=C(Cn1ccc(C(F)(F)F)n1)N1CCC[C@@H](c2ccn[nH]2)C1. The number of piperidine rings is 1. The fourth-order valence-corrected chi connectivity index (χ4v) is 2.79. The molecule has 1 aliphatic heterocycles. The van der Waals surface area contributed by atoms with Crippen LogP contribution in [0.15, 0.2) is 24.5 Å². The van der Waals surface area contributed by atoms with Crippen molar-refractivity contribution in [1.82, 2.24) is 24.9 Å². The normalized spacial score (nSPS) is 19.1. The molecule has 1 aliphatic rings. The average Bonchev–Trinajstić information content (AvgIpc) is 3.18. The summed E-state index contributed by atoms with van der Waals surface area (Å²) in [5.74, 6) is -0.0513. The molecule has 3 heterocycles. The van der Waals surface area contributed by atoms with Crippen LogP contribution < -0.4 is 0 Å². The molecular weight excluding hydrogens is 311 g/mol. The molecule has 2 aromatic rings. The highest BCUT2D eigenvalue weighted by Gasteiger charge is 2.34. The lowest BCUT2D eigenvalue weighted by molar-refractivity contribution is -0.142. The summed E-state index contributed by atoms with van der Waals surface area (Å²) in [6.07, 6.45) is 0.148. The summed E-state index contributed by atoms with van der Waals surface area (Å²) in [7, 11) is 0. The number of aromatic nitrogens is 4. The minimum absolute atomic E-state index is 0.179. The summed E-state index contributed by atoms with van der Waals surface area (Å²) in [5.41, 5.74) is -0.0137. The van der Waals surface area contributed by atoms with Gasteiger partial charge in [0.1, 0.15) is 6.54 Å². The van der Waals surface area contributed by atoms with Crippen LogP contribution in [0.5, 0.6) is 0 Å². The lowest BCUT2D eigenvalue weighted by Crippen LogP contribution is -2.41. The van der Waals surface area contributed by atoms with Crippen molar-refractivity contribution in [3.63, 3.8) is 0 Å². The lowest BCUT2D eigenvalue weighted by atomic mass is 9.95. The Hall–Kier alpha value is -2.32. The van der Waals surface area contributed by atoms with Crippen molar-refractivity contribution in [3.05, 3.63) is 35.9 Å². The molecule has 0 aromatic carbocycles. The number of hydrogen-bond acceptors (Lipinski definition) is 3. The summed E-state index contributed by atoms with van der Waals surface area (Å²) in [4.78, 5) is 14.0. The monoisotopic (exact) mass is 327 g/mol. The predicted octanol–water partition coefficient (Wildman–Crippen LogP) is 2.03. The van der Waals surface area contributed by atoms with E-state index in [9.17, 15) is 18.0 Å². The first-order valence-corrected chi connectivity index (χ1v) is 7.31. The number of H-pyrrole nitrogens is 1. The highest BCUT2D eigenvalue weighted by atomic mass is 19.4. The van der Waals surface area contributed by atoms with E-state index in [2.05, 4.69) is 15.3 Å². The number of likely N-dealkylation sites (tertiary alicyclic amines) is 1. The van der Waals surface area contributed by atoms with Crippen molar-refractivity contribution in [2.24, 2.45) is 0 Å². The number of hydrogen-bond donors (Lipinski definition) is 1. The third-order valence-corrected chi connectivity index (χ3v) is 3.96. The molecule has 124 valence electrons. The fourth-order valence-electron chi connectivity index (χ4n) is 2.79. The second-order valence-corrected chi connectivity index (χ2v) is 5.59. The van der Waals surface area contributed by atoms with Gasteiger partial charge < -0.3 is 4.90 Å². The van der Waals surface area contributed by atoms with E-state index in [1.54, 1.807) is 11.1 Å². The molecule has 1 saturated heterocycles. The molecule has 6 nitrogen and oxygen atoms in total. The van der Waals surface area contributed by atoms with Crippen molar-refractivity contribution in [2.45, 2.75) is 31.5 Å². The number of amides is 1. The highest BCUT2D eigenvalue weighted by molar-refractivity contribution is 5.76. The van der Waals surface area contributed by atoms with Gasteiger partial charge in [-0.1, -0.05) is 0 Å². The highest BCUT2D eigenvalue weighted by Crippen LogP contribution is 2.28. The van der Waals surface area contributed by atoms with Gasteiger partial charge in [-0.25, -0.2) is 0 Å². The minimum atomic E-state index is -4.49. The first kappa shape index (κ1) is 15.6. The smallest absolute Gasteiger partial charge is 0.340 e. The maximum absolute atomic E-state index is 12.5. The van der Waals surface area contributed by atoms with Gasteiger partial charge in [0.15, 0.2) is 5.69 Å². The van der Waals surface area contributed by atoms with E-state index >= 15 is 0 Å². The van der Waals surface area contributed by atoms with Crippen LogP contribution in [0, 0.1) is 0 Å². The van der Waals surface area contributed by atoms with E-state index < -0.39 is 11.9 Å². The Bertz CT molecular complexity index is 664. The molecule has 0 aliphatic carbocycles. The van der Waals surface area contributed by atoms with Crippen LogP contribution in [0.2, 0.25) is 0 Å². The maximum Gasteiger partial charge on any atom is 0.435 e.